The molecule has 0 amide bonds. The summed E-state index contributed by atoms with van der Waals surface area (Å²) in [7, 11) is 1.61. The van der Waals surface area contributed by atoms with Crippen molar-refractivity contribution in [3.05, 3.63) is 65.5 Å². The van der Waals surface area contributed by atoms with Crippen molar-refractivity contribution in [2.75, 3.05) is 13.7 Å². The van der Waals surface area contributed by atoms with E-state index in [0.717, 1.165) is 54.1 Å². The molecule has 1 aliphatic heterocycles. The molecule has 164 valence electrons. The molecule has 2 N–H and O–H groups in total. The molecule has 10 heteroatoms. The van der Waals surface area contributed by atoms with Crippen LogP contribution in [0.25, 0.3) is 5.69 Å². The van der Waals surface area contributed by atoms with Crippen molar-refractivity contribution >= 4 is 0 Å². The van der Waals surface area contributed by atoms with Crippen LogP contribution in [-0.2, 0) is 12.7 Å². The van der Waals surface area contributed by atoms with E-state index < -0.39 is 11.7 Å². The van der Waals surface area contributed by atoms with Crippen LogP contribution in [0.2, 0.25) is 0 Å². The van der Waals surface area contributed by atoms with E-state index in [0.29, 0.717) is 6.54 Å². The van der Waals surface area contributed by atoms with E-state index in [9.17, 15) is 13.2 Å². The Balaban J connectivity index is 1.51. The summed E-state index contributed by atoms with van der Waals surface area (Å²) in [5, 5.41) is 18.2. The zero-order valence-electron chi connectivity index (χ0n) is 16.9. The zero-order valence-corrected chi connectivity index (χ0v) is 16.9. The number of hydrogen-bond acceptors (Lipinski definition) is 6. The molecule has 4 rings (SSSR count). The molecule has 0 bridgehead atoms. The third-order valence-electron chi connectivity index (χ3n) is 5.49. The highest BCUT2D eigenvalue weighted by atomic mass is 19.4. The van der Waals surface area contributed by atoms with Crippen LogP contribution < -0.4 is 15.4 Å². The average Bonchev–Trinajstić information content (AvgIpc) is 3.32. The van der Waals surface area contributed by atoms with Gasteiger partial charge in [0.1, 0.15) is 12.1 Å². The van der Waals surface area contributed by atoms with Crippen molar-refractivity contribution in [2.45, 2.75) is 37.6 Å². The second kappa shape index (κ2) is 9.03. The fraction of sp³-hybridized carbons (Fsp3) is 0.381. The molecule has 1 fully saturated rings. The van der Waals surface area contributed by atoms with E-state index in [1.54, 1.807) is 23.9 Å². The fourth-order valence-corrected chi connectivity index (χ4v) is 3.90. The van der Waals surface area contributed by atoms with E-state index in [1.807, 2.05) is 18.2 Å². The average molecular weight is 432 g/mol. The third kappa shape index (κ3) is 4.86. The number of ether oxygens (including phenoxy) is 1. The molecular weight excluding hydrogens is 409 g/mol. The molecule has 2 atom stereocenters. The van der Waals surface area contributed by atoms with Crippen LogP contribution >= 0.6 is 0 Å². The lowest BCUT2D eigenvalue weighted by Crippen LogP contribution is -2.45. The molecule has 1 aliphatic rings. The highest BCUT2D eigenvalue weighted by Crippen LogP contribution is 2.31. The number of aromatic nitrogens is 4. The number of nitrogens with zero attached hydrogens (tertiary/aromatic N) is 4. The van der Waals surface area contributed by atoms with Crippen LogP contribution in [-0.4, -0.2) is 39.9 Å². The van der Waals surface area contributed by atoms with Crippen molar-refractivity contribution in [2.24, 2.45) is 0 Å². The van der Waals surface area contributed by atoms with Crippen LogP contribution in [0, 0.1) is 0 Å². The first-order valence-corrected chi connectivity index (χ1v) is 10.00. The minimum absolute atomic E-state index is 0.0619. The Bertz CT molecular complexity index is 991. The molecule has 7 nitrogen and oxygen atoms in total. The molecule has 0 aliphatic carbocycles. The normalized spacial score (nSPS) is 19.4. The first kappa shape index (κ1) is 21.3. The van der Waals surface area contributed by atoms with Crippen LogP contribution in [0.1, 0.15) is 35.6 Å². The third-order valence-corrected chi connectivity index (χ3v) is 5.49. The van der Waals surface area contributed by atoms with Gasteiger partial charge in [0, 0.05) is 24.2 Å². The second-order valence-corrected chi connectivity index (χ2v) is 7.43. The highest BCUT2D eigenvalue weighted by molar-refractivity contribution is 5.43. The predicted molar refractivity (Wildman–Crippen MR) is 108 cm³/mol. The fourth-order valence-electron chi connectivity index (χ4n) is 3.90. The molecule has 2 unspecified atom stereocenters. The van der Waals surface area contributed by atoms with Gasteiger partial charge in [0.15, 0.2) is 0 Å². The Labute approximate surface area is 177 Å². The van der Waals surface area contributed by atoms with Crippen LogP contribution in [0.15, 0.2) is 48.8 Å². The molecule has 3 aromatic rings. The molecular formula is C21H23F3N6O. The van der Waals surface area contributed by atoms with Crippen LogP contribution in [0.5, 0.6) is 5.75 Å². The number of nitrogens with one attached hydrogen (secondary N) is 2. The van der Waals surface area contributed by atoms with Crippen molar-refractivity contribution < 1.29 is 17.9 Å². The van der Waals surface area contributed by atoms with Crippen molar-refractivity contribution in [1.82, 2.24) is 30.8 Å². The number of hydrogen-bond donors (Lipinski definition) is 2. The quantitative estimate of drug-likeness (QED) is 0.623. The first-order valence-electron chi connectivity index (χ1n) is 10.00. The summed E-state index contributed by atoms with van der Waals surface area (Å²) in [6.07, 6.45) is -0.924. The van der Waals surface area contributed by atoms with Gasteiger partial charge in [-0.05, 0) is 65.7 Å². The number of methoxy groups -OCH3 is 1. The standard InChI is InChI=1S/C21H23F3N6O/c1-31-19-9-8-17(30-13-27-28-29-30)11-15(19)12-26-18-3-2-10-25-20(18)14-4-6-16(7-5-14)21(22,23)24/h4-9,11,13,18,20,25-26H,2-3,10,12H2,1H3. The smallest absolute Gasteiger partial charge is 0.416 e. The summed E-state index contributed by atoms with van der Waals surface area (Å²) < 4.78 is 45.8. The van der Waals surface area contributed by atoms with Gasteiger partial charge >= 0.3 is 6.18 Å². The van der Waals surface area contributed by atoms with Crippen molar-refractivity contribution in [3.63, 3.8) is 0 Å². The van der Waals surface area contributed by atoms with Crippen LogP contribution in [0.3, 0.4) is 0 Å². The Kier molecular flexibility index (Phi) is 6.19. The van der Waals surface area contributed by atoms with E-state index in [2.05, 4.69) is 26.2 Å². The number of alkyl halides is 3. The summed E-state index contributed by atoms with van der Waals surface area (Å²) in [6, 6.07) is 11.1. The van der Waals surface area contributed by atoms with Gasteiger partial charge in [0.25, 0.3) is 0 Å². The van der Waals surface area contributed by atoms with E-state index in [1.165, 1.54) is 6.33 Å². The lowest BCUT2D eigenvalue weighted by Gasteiger charge is -2.34. The summed E-state index contributed by atoms with van der Waals surface area (Å²) in [5.74, 6) is 0.735. The minimum atomic E-state index is -4.34. The number of halogens is 3. The topological polar surface area (TPSA) is 76.9 Å². The molecule has 1 aromatic heterocycles. The van der Waals surface area contributed by atoms with Crippen molar-refractivity contribution in [1.29, 1.82) is 0 Å². The molecule has 31 heavy (non-hydrogen) atoms. The highest BCUT2D eigenvalue weighted by Gasteiger charge is 2.31. The van der Waals surface area contributed by atoms with E-state index in [-0.39, 0.29) is 12.1 Å². The molecule has 0 saturated carbocycles. The molecule has 2 aromatic carbocycles. The lowest BCUT2D eigenvalue weighted by molar-refractivity contribution is -0.137. The van der Waals surface area contributed by atoms with Gasteiger partial charge in [-0.2, -0.15) is 13.2 Å². The zero-order chi connectivity index (χ0) is 21.8. The maximum Gasteiger partial charge on any atom is 0.416 e. The van der Waals surface area contributed by atoms with Gasteiger partial charge in [0.2, 0.25) is 0 Å². The summed E-state index contributed by atoms with van der Waals surface area (Å²) in [5.41, 5.74) is 1.94. The van der Waals surface area contributed by atoms with Gasteiger partial charge in [-0.15, -0.1) is 5.10 Å². The first-order chi connectivity index (χ1) is 15.0. The number of benzene rings is 2. The van der Waals surface area contributed by atoms with Gasteiger partial charge in [0.05, 0.1) is 18.4 Å². The largest absolute Gasteiger partial charge is 0.496 e. The molecule has 2 heterocycles. The second-order valence-electron chi connectivity index (χ2n) is 7.43. The van der Waals surface area contributed by atoms with E-state index in [4.69, 9.17) is 4.74 Å². The maximum atomic E-state index is 12.9. The van der Waals surface area contributed by atoms with E-state index >= 15 is 0 Å². The maximum absolute atomic E-state index is 12.9. The Hall–Kier alpha value is -2.98. The number of rotatable bonds is 6. The monoisotopic (exact) mass is 432 g/mol. The summed E-state index contributed by atoms with van der Waals surface area (Å²) in [4.78, 5) is 0. The van der Waals surface area contributed by atoms with Gasteiger partial charge in [-0.3, -0.25) is 0 Å². The predicted octanol–water partition coefficient (Wildman–Crippen LogP) is 3.27. The van der Waals surface area contributed by atoms with Gasteiger partial charge in [-0.1, -0.05) is 12.1 Å². The Morgan fingerprint density at radius 1 is 1.19 bits per heavy atom. The SMILES string of the molecule is COc1ccc(-n2cnnn2)cc1CNC1CCCNC1c1ccc(C(F)(F)F)cc1. The van der Waals surface area contributed by atoms with Crippen molar-refractivity contribution in [3.8, 4) is 11.4 Å². The Morgan fingerprint density at radius 3 is 2.68 bits per heavy atom. The Morgan fingerprint density at radius 2 is 2.00 bits per heavy atom. The number of tetrazole rings is 1. The molecule has 0 radical (unpaired) electrons. The number of piperidine rings is 1. The van der Waals surface area contributed by atoms with Gasteiger partial charge < -0.3 is 15.4 Å². The molecule has 1 saturated heterocycles. The lowest BCUT2D eigenvalue weighted by atomic mass is 9.91. The van der Waals surface area contributed by atoms with Crippen LogP contribution in [0.4, 0.5) is 13.2 Å². The summed E-state index contributed by atoms with van der Waals surface area (Å²) >= 11 is 0. The van der Waals surface area contributed by atoms with Gasteiger partial charge in [-0.25, -0.2) is 4.68 Å². The minimum Gasteiger partial charge on any atom is -0.496 e. The molecule has 0 spiro atoms. The summed E-state index contributed by atoms with van der Waals surface area (Å²) in [6.45, 7) is 1.35.